The minimum Gasteiger partial charge on any atom is -0.497 e. The maximum absolute atomic E-state index is 13.1. The number of carbonyl (C=O) groups is 2. The zero-order valence-corrected chi connectivity index (χ0v) is 25.8. The first-order valence-electron chi connectivity index (χ1n) is 15.3. The fourth-order valence-corrected chi connectivity index (χ4v) is 5.19. The molecule has 0 saturated heterocycles. The number of carbonyl (C=O) groups excluding carboxylic acids is 1. The molecule has 0 amide bonds. The molecule has 0 heterocycles. The van der Waals surface area contributed by atoms with Gasteiger partial charge in [0, 0.05) is 35.5 Å². The zero-order valence-electron chi connectivity index (χ0n) is 25.8. The Morgan fingerprint density at radius 3 is 2.07 bits per heavy atom. The van der Waals surface area contributed by atoms with Crippen LogP contribution in [0, 0.1) is 0 Å². The number of carboxylic acids is 1. The minimum absolute atomic E-state index is 0.165. The van der Waals surface area contributed by atoms with Crippen LogP contribution in [-0.2, 0) is 17.6 Å². The summed E-state index contributed by atoms with van der Waals surface area (Å²) in [7, 11) is 1.67. The van der Waals surface area contributed by atoms with Crippen LogP contribution < -0.4 is 20.1 Å². The highest BCUT2D eigenvalue weighted by Crippen LogP contribution is 2.23. The topological polar surface area (TPSA) is 96.9 Å². The summed E-state index contributed by atoms with van der Waals surface area (Å²) in [5.41, 5.74) is 5.86. The van der Waals surface area contributed by atoms with E-state index in [9.17, 15) is 14.7 Å². The second kappa shape index (κ2) is 16.0. The molecular weight excluding hydrogens is 576 g/mol. The van der Waals surface area contributed by atoms with Gasteiger partial charge in [-0.2, -0.15) is 0 Å². The van der Waals surface area contributed by atoms with Gasteiger partial charge in [-0.25, -0.2) is 4.79 Å². The Kier molecular flexibility index (Phi) is 11.0. The van der Waals surface area contributed by atoms with Gasteiger partial charge in [-0.3, -0.25) is 4.79 Å². The second-order valence-electron chi connectivity index (χ2n) is 10.9. The van der Waals surface area contributed by atoms with E-state index in [2.05, 4.69) is 41.0 Å². The third-order valence-electron chi connectivity index (χ3n) is 7.67. The summed E-state index contributed by atoms with van der Waals surface area (Å²) in [4.78, 5) is 25.3. The smallest absolute Gasteiger partial charge is 0.326 e. The Morgan fingerprint density at radius 2 is 1.35 bits per heavy atom. The number of ether oxygens (including phenoxy) is 2. The number of rotatable bonds is 16. The fourth-order valence-electron chi connectivity index (χ4n) is 5.19. The first-order valence-corrected chi connectivity index (χ1v) is 15.3. The molecule has 5 aromatic carbocycles. The monoisotopic (exact) mass is 614 g/mol. The molecule has 234 valence electrons. The molecule has 0 aliphatic heterocycles. The predicted molar refractivity (Wildman–Crippen MR) is 182 cm³/mol. The standard InChI is InChI=1S/C39H38N2O5/c1-45-32-20-16-28(17-21-32)26-31-12-5-7-14-35(31)40-24-9-25-46-33-22-18-29(19-23-33)27-37(39(43)44)41-36-15-8-6-13-34(36)38(42)30-10-3-2-4-11-30/h2-8,10-23,37,40-41H,9,24-27H2,1H3,(H,43,44). The average Bonchev–Trinajstić information content (AvgIpc) is 3.10. The molecule has 7 nitrogen and oxygen atoms in total. The Morgan fingerprint density at radius 1 is 0.717 bits per heavy atom. The first-order chi connectivity index (χ1) is 22.5. The van der Waals surface area contributed by atoms with Crippen LogP contribution in [-0.4, -0.2) is 43.2 Å². The van der Waals surface area contributed by atoms with Gasteiger partial charge < -0.3 is 25.2 Å². The molecule has 0 radical (unpaired) electrons. The fraction of sp³-hybridized carbons (Fsp3) is 0.179. The van der Waals surface area contributed by atoms with E-state index in [0.717, 1.165) is 42.1 Å². The molecule has 7 heteroatoms. The lowest BCUT2D eigenvalue weighted by Crippen LogP contribution is -2.32. The van der Waals surface area contributed by atoms with E-state index in [-0.39, 0.29) is 12.2 Å². The molecule has 5 rings (SSSR count). The molecule has 0 fully saturated rings. The highest BCUT2D eigenvalue weighted by atomic mass is 16.5. The maximum Gasteiger partial charge on any atom is 0.326 e. The van der Waals surface area contributed by atoms with Gasteiger partial charge in [0.05, 0.1) is 13.7 Å². The molecule has 0 aromatic heterocycles. The van der Waals surface area contributed by atoms with Gasteiger partial charge in [0.25, 0.3) is 0 Å². The number of methoxy groups -OCH3 is 1. The van der Waals surface area contributed by atoms with Crippen molar-refractivity contribution in [2.75, 3.05) is 30.9 Å². The lowest BCUT2D eigenvalue weighted by molar-refractivity contribution is -0.137. The number of para-hydroxylation sites is 2. The normalized spacial score (nSPS) is 11.3. The molecule has 0 spiro atoms. The van der Waals surface area contributed by atoms with Crippen molar-refractivity contribution in [1.29, 1.82) is 0 Å². The minimum atomic E-state index is -1.000. The Balaban J connectivity index is 1.11. The van der Waals surface area contributed by atoms with Crippen LogP contribution in [0.15, 0.2) is 127 Å². The van der Waals surface area contributed by atoms with Crippen molar-refractivity contribution in [3.63, 3.8) is 0 Å². The average molecular weight is 615 g/mol. The van der Waals surface area contributed by atoms with Gasteiger partial charge in [-0.1, -0.05) is 84.9 Å². The summed E-state index contributed by atoms with van der Waals surface area (Å²) in [6.45, 7) is 1.30. The SMILES string of the molecule is COc1ccc(Cc2ccccc2NCCCOc2ccc(CC(Nc3ccccc3C(=O)c3ccccc3)C(=O)O)cc2)cc1. The summed E-state index contributed by atoms with van der Waals surface area (Å²) in [6.07, 6.45) is 1.88. The van der Waals surface area contributed by atoms with E-state index < -0.39 is 12.0 Å². The number of ketones is 1. The maximum atomic E-state index is 13.1. The van der Waals surface area contributed by atoms with E-state index in [0.29, 0.717) is 23.4 Å². The summed E-state index contributed by atoms with van der Waals surface area (Å²) < 4.78 is 11.2. The number of carboxylic acid groups (broad SMARTS) is 1. The van der Waals surface area contributed by atoms with Crippen molar-refractivity contribution in [3.05, 3.63) is 155 Å². The summed E-state index contributed by atoms with van der Waals surface area (Å²) in [5.74, 6) is 0.409. The molecule has 46 heavy (non-hydrogen) atoms. The number of hydrogen-bond donors (Lipinski definition) is 3. The van der Waals surface area contributed by atoms with Crippen LogP contribution in [0.1, 0.15) is 39.0 Å². The molecule has 0 bridgehead atoms. The molecule has 0 aliphatic carbocycles. The van der Waals surface area contributed by atoms with Crippen molar-refractivity contribution >= 4 is 23.1 Å². The van der Waals surface area contributed by atoms with E-state index in [1.807, 2.05) is 48.5 Å². The van der Waals surface area contributed by atoms with Gasteiger partial charge in [-0.05, 0) is 72.0 Å². The summed E-state index contributed by atoms with van der Waals surface area (Å²) in [6, 6.07) is 39.0. The quantitative estimate of drug-likeness (QED) is 0.0782. The predicted octanol–water partition coefficient (Wildman–Crippen LogP) is 7.51. The van der Waals surface area contributed by atoms with Crippen LogP contribution >= 0.6 is 0 Å². The molecular formula is C39H38N2O5. The lowest BCUT2D eigenvalue weighted by atomic mass is 10.00. The Hall–Kier alpha value is -5.56. The Bertz CT molecular complexity index is 1720. The van der Waals surface area contributed by atoms with E-state index in [1.165, 1.54) is 11.1 Å². The molecule has 1 unspecified atom stereocenters. The highest BCUT2D eigenvalue weighted by molar-refractivity contribution is 6.12. The number of hydrogen-bond acceptors (Lipinski definition) is 6. The van der Waals surface area contributed by atoms with Gasteiger partial charge in [0.15, 0.2) is 5.78 Å². The number of anilines is 2. The zero-order chi connectivity index (χ0) is 32.1. The molecule has 1 atom stereocenters. The van der Waals surface area contributed by atoms with Crippen molar-refractivity contribution in [1.82, 2.24) is 0 Å². The van der Waals surface area contributed by atoms with Crippen molar-refractivity contribution < 1.29 is 24.2 Å². The molecule has 0 saturated carbocycles. The number of aliphatic carboxylic acids is 1. The van der Waals surface area contributed by atoms with Gasteiger partial charge in [0.1, 0.15) is 17.5 Å². The third kappa shape index (κ3) is 8.76. The van der Waals surface area contributed by atoms with Gasteiger partial charge >= 0.3 is 5.97 Å². The Labute approximate surface area is 269 Å². The van der Waals surface area contributed by atoms with Crippen molar-refractivity contribution in [2.45, 2.75) is 25.3 Å². The van der Waals surface area contributed by atoms with Crippen LogP contribution in [0.3, 0.4) is 0 Å². The molecule has 3 N–H and O–H groups in total. The van der Waals surface area contributed by atoms with E-state index >= 15 is 0 Å². The molecule has 5 aromatic rings. The summed E-state index contributed by atoms with van der Waals surface area (Å²) >= 11 is 0. The van der Waals surface area contributed by atoms with Gasteiger partial charge in [-0.15, -0.1) is 0 Å². The van der Waals surface area contributed by atoms with Crippen LogP contribution in [0.4, 0.5) is 11.4 Å². The summed E-state index contributed by atoms with van der Waals surface area (Å²) in [5, 5.41) is 16.6. The van der Waals surface area contributed by atoms with Crippen LogP contribution in [0.2, 0.25) is 0 Å². The molecule has 0 aliphatic rings. The van der Waals surface area contributed by atoms with Crippen molar-refractivity contribution in [3.8, 4) is 11.5 Å². The lowest BCUT2D eigenvalue weighted by Gasteiger charge is -2.18. The third-order valence-corrected chi connectivity index (χ3v) is 7.67. The van der Waals surface area contributed by atoms with Crippen LogP contribution in [0.5, 0.6) is 11.5 Å². The highest BCUT2D eigenvalue weighted by Gasteiger charge is 2.21. The largest absolute Gasteiger partial charge is 0.497 e. The first kappa shape index (κ1) is 31.9. The van der Waals surface area contributed by atoms with Gasteiger partial charge in [0.2, 0.25) is 0 Å². The van der Waals surface area contributed by atoms with Crippen LogP contribution in [0.25, 0.3) is 0 Å². The number of nitrogens with one attached hydrogen (secondary N) is 2. The van der Waals surface area contributed by atoms with Crippen molar-refractivity contribution in [2.24, 2.45) is 0 Å². The van der Waals surface area contributed by atoms with E-state index in [1.54, 1.807) is 55.6 Å². The number of benzene rings is 5. The second-order valence-corrected chi connectivity index (χ2v) is 10.9. The van der Waals surface area contributed by atoms with E-state index in [4.69, 9.17) is 9.47 Å².